The van der Waals surface area contributed by atoms with Gasteiger partial charge in [-0.2, -0.15) is 13.5 Å². The van der Waals surface area contributed by atoms with E-state index in [1.54, 1.807) is 30.3 Å². The highest BCUT2D eigenvalue weighted by Gasteiger charge is 2.39. The van der Waals surface area contributed by atoms with Crippen LogP contribution in [0.4, 0.5) is 8.78 Å². The summed E-state index contributed by atoms with van der Waals surface area (Å²) in [6.07, 6.45) is 5.22. The van der Waals surface area contributed by atoms with Gasteiger partial charge in [-0.05, 0) is 92.1 Å². The lowest BCUT2D eigenvalue weighted by Gasteiger charge is -2.44. The van der Waals surface area contributed by atoms with Crippen LogP contribution in [0.1, 0.15) is 64.9 Å². The molecule has 1 aliphatic carbocycles. The van der Waals surface area contributed by atoms with Gasteiger partial charge in [-0.15, -0.1) is 0 Å². The number of pyridine rings is 1. The molecule has 3 N–H and O–H groups in total. The number of nitrogens with one attached hydrogen (secondary N) is 2. The number of aromatic nitrogens is 1. The van der Waals surface area contributed by atoms with Gasteiger partial charge in [-0.3, -0.25) is 4.90 Å². The van der Waals surface area contributed by atoms with Crippen LogP contribution in [-0.2, 0) is 30.7 Å². The van der Waals surface area contributed by atoms with E-state index < -0.39 is 40.7 Å². The van der Waals surface area contributed by atoms with Crippen molar-refractivity contribution in [1.82, 2.24) is 9.62 Å². The van der Waals surface area contributed by atoms with Gasteiger partial charge in [0.15, 0.2) is 23.9 Å². The van der Waals surface area contributed by atoms with Crippen LogP contribution in [0.5, 0.6) is 11.5 Å². The van der Waals surface area contributed by atoms with Gasteiger partial charge < -0.3 is 24.4 Å². The molecule has 1 unspecified atom stereocenters. The molecule has 304 valence electrons. The molecule has 57 heavy (non-hydrogen) atoms. The molecule has 4 fully saturated rings. The number of carbonyl (C=O) groups is 2. The zero-order valence-electron chi connectivity index (χ0n) is 30.5. The Balaban J connectivity index is 0.00000549. The quantitative estimate of drug-likeness (QED) is 0.118. The van der Waals surface area contributed by atoms with Crippen LogP contribution in [0.2, 0.25) is 10.0 Å². The van der Waals surface area contributed by atoms with Crippen LogP contribution in [0.25, 0.3) is 0 Å². The standard InChI is InChI=1S/C40H39Cl2F2N3O8S.H2O/c41-31-20-45-21-32(42)30(31)19-34(27-11-12-33(55-40(43)44)35(18-27)52-23-24-9-10-24)53-38(48)28-7-4-8-29(17-28)56(50,51)46-37(26-5-2-1-3-6-26)39(49)54-36-22-47-15-13-25(36)14-16-47;/h1-8,11-12,17-18,20-21,24-25,34,36-37,40,46H,9-10,13-16,19,22-23H2;1H2/t34-,36+,37?;/m0./s1. The number of fused-ring (bicyclic) bond motifs is 3. The Morgan fingerprint density at radius 3 is 2.26 bits per heavy atom. The van der Waals surface area contributed by atoms with Crippen molar-refractivity contribution in [1.29, 1.82) is 0 Å². The molecule has 0 radical (unpaired) electrons. The summed E-state index contributed by atoms with van der Waals surface area (Å²) in [6, 6.07) is 16.5. The third-order valence-electron chi connectivity index (χ3n) is 10.2. The average molecular weight is 849 g/mol. The van der Waals surface area contributed by atoms with Crippen LogP contribution in [0.3, 0.4) is 0 Å². The van der Waals surface area contributed by atoms with Crippen LogP contribution >= 0.6 is 23.2 Å². The van der Waals surface area contributed by atoms with Gasteiger partial charge in [0.05, 0.1) is 17.1 Å². The fourth-order valence-corrected chi connectivity index (χ4v) is 8.73. The van der Waals surface area contributed by atoms with Gasteiger partial charge in [-0.1, -0.05) is 65.7 Å². The van der Waals surface area contributed by atoms with E-state index in [2.05, 4.69) is 14.6 Å². The van der Waals surface area contributed by atoms with Crippen LogP contribution in [0.15, 0.2) is 90.1 Å². The predicted molar refractivity (Wildman–Crippen MR) is 203 cm³/mol. The number of sulfonamides is 1. The monoisotopic (exact) mass is 847 g/mol. The highest BCUT2D eigenvalue weighted by atomic mass is 35.5. The number of esters is 2. The van der Waals surface area contributed by atoms with E-state index in [0.717, 1.165) is 44.8 Å². The Morgan fingerprint density at radius 2 is 1.61 bits per heavy atom. The molecular weight excluding hydrogens is 807 g/mol. The number of piperidine rings is 3. The topological polar surface area (TPSA) is 165 Å². The second-order valence-corrected chi connectivity index (χ2v) is 16.7. The molecular formula is C40H41Cl2F2N3O9S. The summed E-state index contributed by atoms with van der Waals surface area (Å²) in [7, 11) is -4.43. The minimum absolute atomic E-state index is 0. The molecule has 3 aliphatic heterocycles. The molecule has 1 aromatic heterocycles. The van der Waals surface area contributed by atoms with E-state index in [-0.39, 0.29) is 62.5 Å². The number of hydrogen-bond donors (Lipinski definition) is 1. The summed E-state index contributed by atoms with van der Waals surface area (Å²) in [5, 5.41) is 0.501. The van der Waals surface area contributed by atoms with E-state index in [4.69, 9.17) is 42.1 Å². The summed E-state index contributed by atoms with van der Waals surface area (Å²) >= 11 is 13.0. The largest absolute Gasteiger partial charge is 0.870 e. The summed E-state index contributed by atoms with van der Waals surface area (Å²) < 4.78 is 79.5. The molecule has 0 spiro atoms. The number of aromatic amines is 1. The zero-order valence-corrected chi connectivity index (χ0v) is 32.8. The second-order valence-electron chi connectivity index (χ2n) is 14.2. The maximum Gasteiger partial charge on any atom is 0.387 e. The molecule has 4 aromatic rings. The third kappa shape index (κ3) is 10.6. The fourth-order valence-electron chi connectivity index (χ4n) is 6.98. The number of carbonyl (C=O) groups excluding carboxylic acids is 2. The van der Waals surface area contributed by atoms with Crippen molar-refractivity contribution in [2.45, 2.75) is 61.9 Å². The average Bonchev–Trinajstić information content (AvgIpc) is 4.03. The highest BCUT2D eigenvalue weighted by molar-refractivity contribution is 7.89. The van der Waals surface area contributed by atoms with Gasteiger partial charge in [-0.25, -0.2) is 23.0 Å². The van der Waals surface area contributed by atoms with E-state index >= 15 is 0 Å². The smallest absolute Gasteiger partial charge is 0.387 e. The first-order valence-corrected chi connectivity index (χ1v) is 20.5. The van der Waals surface area contributed by atoms with Crippen molar-refractivity contribution in [2.24, 2.45) is 11.8 Å². The number of hydrogen-bond acceptors (Lipinski definition) is 10. The molecule has 3 saturated heterocycles. The van der Waals surface area contributed by atoms with Crippen molar-refractivity contribution in [3.05, 3.63) is 117 Å². The second kappa shape index (κ2) is 18.5. The van der Waals surface area contributed by atoms with Crippen molar-refractivity contribution in [3.8, 4) is 11.5 Å². The van der Waals surface area contributed by atoms with Gasteiger partial charge in [0.1, 0.15) is 28.3 Å². The predicted octanol–water partition coefficient (Wildman–Crippen LogP) is 6.82. The van der Waals surface area contributed by atoms with E-state index in [0.29, 0.717) is 29.2 Å². The number of nitrogens with zero attached hydrogens (tertiary/aromatic N) is 1. The molecule has 0 amide bonds. The highest BCUT2D eigenvalue weighted by Crippen LogP contribution is 2.38. The lowest BCUT2D eigenvalue weighted by Crippen LogP contribution is -2.52. The lowest BCUT2D eigenvalue weighted by molar-refractivity contribution is -0.377. The number of H-pyrrole nitrogens is 1. The Morgan fingerprint density at radius 1 is 0.895 bits per heavy atom. The fraction of sp³-hybridized carbons (Fsp3) is 0.375. The SMILES string of the molecule is O=C(O[C@@H](Cc1c(Cl)c[nH+]cc1Cl)c1ccc(OC(F)F)c(OCC2CC2)c1)c1cccc(S(=O)(=O)NC(C(=O)O[C@@H]2CN3CCC2CC3)c2ccccc2)c1.[OH-]. The van der Waals surface area contributed by atoms with Gasteiger partial charge >= 0.3 is 18.6 Å². The minimum Gasteiger partial charge on any atom is -0.870 e. The van der Waals surface area contributed by atoms with Crippen molar-refractivity contribution >= 4 is 45.2 Å². The molecule has 1 saturated carbocycles. The zero-order chi connectivity index (χ0) is 39.4. The summed E-state index contributed by atoms with van der Waals surface area (Å²) in [5.74, 6) is -1.28. The Labute approximate surface area is 338 Å². The number of halogens is 4. The van der Waals surface area contributed by atoms with E-state index in [1.807, 2.05) is 0 Å². The molecule has 12 nitrogen and oxygen atoms in total. The number of rotatable bonds is 16. The maximum absolute atomic E-state index is 13.9. The summed E-state index contributed by atoms with van der Waals surface area (Å²) in [6.45, 7) is -0.333. The Hall–Kier alpha value is -4.38. The Bertz CT molecular complexity index is 2140. The molecule has 2 bridgehead atoms. The number of ether oxygens (including phenoxy) is 4. The Kier molecular flexibility index (Phi) is 13.7. The third-order valence-corrected chi connectivity index (χ3v) is 12.3. The molecule has 3 aromatic carbocycles. The molecule has 4 aliphatic rings. The number of benzene rings is 3. The van der Waals surface area contributed by atoms with Crippen LogP contribution in [0, 0.1) is 11.8 Å². The van der Waals surface area contributed by atoms with Crippen molar-refractivity contribution in [2.75, 3.05) is 26.2 Å². The first kappa shape index (κ1) is 42.2. The van der Waals surface area contributed by atoms with Crippen LogP contribution < -0.4 is 19.2 Å². The number of alkyl halides is 2. The molecule has 3 atom stereocenters. The van der Waals surface area contributed by atoms with Crippen molar-refractivity contribution in [3.63, 3.8) is 0 Å². The summed E-state index contributed by atoms with van der Waals surface area (Å²) in [4.78, 5) is 32.3. The van der Waals surface area contributed by atoms with E-state index in [1.165, 1.54) is 48.8 Å². The van der Waals surface area contributed by atoms with Gasteiger partial charge in [0.25, 0.3) is 0 Å². The molecule has 4 heterocycles. The van der Waals surface area contributed by atoms with Gasteiger partial charge in [0, 0.05) is 18.5 Å². The first-order chi connectivity index (χ1) is 26.9. The molecule has 8 rings (SSSR count). The molecule has 17 heteroatoms. The first-order valence-electron chi connectivity index (χ1n) is 18.3. The summed E-state index contributed by atoms with van der Waals surface area (Å²) in [5.41, 5.74) is 1.05. The van der Waals surface area contributed by atoms with Crippen molar-refractivity contribution < 1.29 is 56.2 Å². The van der Waals surface area contributed by atoms with Gasteiger partial charge in [0.2, 0.25) is 10.0 Å². The maximum atomic E-state index is 13.9. The normalized spacial score (nSPS) is 19.9. The lowest BCUT2D eigenvalue weighted by atomic mass is 9.86. The van der Waals surface area contributed by atoms with E-state index in [9.17, 15) is 26.8 Å². The minimum atomic E-state index is -4.43. The van der Waals surface area contributed by atoms with Crippen LogP contribution in [-0.4, -0.2) is 69.7 Å².